The van der Waals surface area contributed by atoms with Gasteiger partial charge in [0.2, 0.25) is 0 Å². The van der Waals surface area contributed by atoms with Crippen molar-refractivity contribution < 1.29 is 9.68 Å². The maximum absolute atomic E-state index is 9.31. The molecule has 0 aliphatic heterocycles. The van der Waals surface area contributed by atoms with Crippen molar-refractivity contribution in [2.45, 2.75) is 0 Å². The van der Waals surface area contributed by atoms with E-state index >= 15 is 0 Å². The second-order valence-corrected chi connectivity index (χ2v) is 8.78. The molecule has 185 valence electrons. The number of benzene rings is 4. The van der Waals surface area contributed by atoms with E-state index in [0.717, 1.165) is 44.8 Å². The summed E-state index contributed by atoms with van der Waals surface area (Å²) in [5.41, 5.74) is 7.09. The summed E-state index contributed by atoms with van der Waals surface area (Å²) in [7, 11) is 0.691. The van der Waals surface area contributed by atoms with Gasteiger partial charge in [0.05, 0.1) is 11.4 Å². The predicted octanol–water partition coefficient (Wildman–Crippen LogP) is 6.51. The van der Waals surface area contributed by atoms with Gasteiger partial charge in [-0.25, -0.2) is 19.9 Å². The molecule has 0 bridgehead atoms. The summed E-state index contributed by atoms with van der Waals surface area (Å²) < 4.78 is 5.40. The Kier molecular flexibility index (Phi) is 6.88. The third-order valence-corrected chi connectivity index (χ3v) is 6.30. The van der Waals surface area contributed by atoms with Crippen molar-refractivity contribution >= 4 is 7.69 Å². The van der Waals surface area contributed by atoms with E-state index in [0.29, 0.717) is 25.1 Å². The number of hydrogen-bond donors (Lipinski definition) is 1. The molecule has 0 fully saturated rings. The van der Waals surface area contributed by atoms with Crippen LogP contribution in [0.3, 0.4) is 0 Å². The van der Waals surface area contributed by atoms with Crippen LogP contribution in [0, 0.1) is 0 Å². The molecule has 0 aliphatic rings. The fourth-order valence-corrected chi connectivity index (χ4v) is 4.39. The van der Waals surface area contributed by atoms with E-state index in [1.807, 2.05) is 109 Å². The van der Waals surface area contributed by atoms with E-state index in [1.165, 1.54) is 0 Å². The van der Waals surface area contributed by atoms with Gasteiger partial charge in [0, 0.05) is 40.2 Å². The highest BCUT2D eigenvalue weighted by Crippen LogP contribution is 2.35. The van der Waals surface area contributed by atoms with Crippen molar-refractivity contribution in [3.05, 3.63) is 128 Å². The Morgan fingerprint density at radius 2 is 1.08 bits per heavy atom. The Hall–Kier alpha value is -5.14. The van der Waals surface area contributed by atoms with Crippen LogP contribution in [0.5, 0.6) is 5.75 Å². The Labute approximate surface area is 227 Å². The van der Waals surface area contributed by atoms with Crippen LogP contribution in [0.1, 0.15) is 0 Å². The van der Waals surface area contributed by atoms with E-state index in [-0.39, 0.29) is 0 Å². The zero-order valence-corrected chi connectivity index (χ0v) is 20.8. The van der Waals surface area contributed by atoms with Crippen LogP contribution in [-0.2, 0) is 0 Å². The smallest absolute Gasteiger partial charge is 0.537 e. The van der Waals surface area contributed by atoms with Crippen LogP contribution < -0.4 is 4.65 Å². The summed E-state index contributed by atoms with van der Waals surface area (Å²) in [6.45, 7) is 0. The molecule has 0 saturated carbocycles. The van der Waals surface area contributed by atoms with Crippen molar-refractivity contribution in [2.24, 2.45) is 0 Å². The number of hydrogen-bond acceptors (Lipinski definition) is 6. The van der Waals surface area contributed by atoms with Gasteiger partial charge >= 0.3 is 7.69 Å². The third kappa shape index (κ3) is 5.30. The molecule has 4 aromatic carbocycles. The predicted molar refractivity (Wildman–Crippen MR) is 153 cm³/mol. The Bertz CT molecular complexity index is 1700. The van der Waals surface area contributed by atoms with Crippen LogP contribution in [-0.4, -0.2) is 32.6 Å². The highest BCUT2D eigenvalue weighted by Gasteiger charge is 2.14. The summed E-state index contributed by atoms with van der Waals surface area (Å²) in [5.74, 6) is 1.79. The first-order valence-electron chi connectivity index (χ1n) is 12.4. The average molecular weight is 505 g/mol. The van der Waals surface area contributed by atoms with E-state index in [9.17, 15) is 5.02 Å². The first-order valence-corrected chi connectivity index (χ1v) is 12.4. The zero-order chi connectivity index (χ0) is 26.4. The van der Waals surface area contributed by atoms with Gasteiger partial charge in [0.15, 0.2) is 11.6 Å². The molecule has 0 spiro atoms. The molecule has 39 heavy (non-hydrogen) atoms. The lowest BCUT2D eigenvalue weighted by Crippen LogP contribution is -2.02. The Balaban J connectivity index is 1.47. The molecule has 0 amide bonds. The third-order valence-electron chi connectivity index (χ3n) is 6.30. The minimum absolute atomic E-state index is 0.533. The first-order chi connectivity index (χ1) is 19.3. The zero-order valence-electron chi connectivity index (χ0n) is 20.8. The lowest BCUT2D eigenvalue weighted by Gasteiger charge is -2.13. The number of rotatable bonds is 7. The number of aromatic nitrogens is 4. The summed E-state index contributed by atoms with van der Waals surface area (Å²) in [5, 5.41) is 9.31. The molecule has 0 saturated heterocycles. The Morgan fingerprint density at radius 1 is 0.513 bits per heavy atom. The van der Waals surface area contributed by atoms with Gasteiger partial charge in [-0.05, 0) is 35.9 Å². The SMILES string of the molecule is O[B]Oc1ccc(-c2nc(-c3ccccc3)cc(-c3ccc(-c4ncccn4)cc3)n2)cc1-c1ccccc1. The molecule has 1 N–H and O–H groups in total. The largest absolute Gasteiger partial charge is 0.569 e. The summed E-state index contributed by atoms with van der Waals surface area (Å²) >= 11 is 0. The van der Waals surface area contributed by atoms with Crippen molar-refractivity contribution in [1.82, 2.24) is 19.9 Å². The van der Waals surface area contributed by atoms with Gasteiger partial charge in [-0.2, -0.15) is 0 Å². The summed E-state index contributed by atoms with van der Waals surface area (Å²) in [4.78, 5) is 18.6. The van der Waals surface area contributed by atoms with Gasteiger partial charge in [0.1, 0.15) is 5.75 Å². The summed E-state index contributed by atoms with van der Waals surface area (Å²) in [6.07, 6.45) is 3.47. The molecule has 0 aliphatic carbocycles. The quantitative estimate of drug-likeness (QED) is 0.249. The molecular weight excluding hydrogens is 483 g/mol. The maximum atomic E-state index is 9.31. The molecule has 2 aromatic heterocycles. The minimum atomic E-state index is 0.533. The van der Waals surface area contributed by atoms with Crippen molar-refractivity contribution in [3.8, 4) is 62.2 Å². The van der Waals surface area contributed by atoms with Crippen LogP contribution in [0.25, 0.3) is 56.4 Å². The molecule has 6 rings (SSSR count). The fraction of sp³-hybridized carbons (Fsp3) is 0. The van der Waals surface area contributed by atoms with Gasteiger partial charge in [0.25, 0.3) is 0 Å². The molecule has 0 unspecified atom stereocenters. The number of nitrogens with zero attached hydrogens (tertiary/aromatic N) is 4. The molecule has 6 nitrogen and oxygen atoms in total. The van der Waals surface area contributed by atoms with Gasteiger partial charge in [-0.1, -0.05) is 84.9 Å². The standard InChI is InChI=1S/C32H22BN4O2/c38-33-39-30-17-16-26(20-27(30)22-8-3-1-4-9-22)32-36-28(23-10-5-2-6-11-23)21-29(37-32)24-12-14-25(15-13-24)31-34-18-7-19-35-31/h1-21,38H. The van der Waals surface area contributed by atoms with Crippen molar-refractivity contribution in [3.63, 3.8) is 0 Å². The second-order valence-electron chi connectivity index (χ2n) is 8.78. The fourth-order valence-electron chi connectivity index (χ4n) is 4.39. The van der Waals surface area contributed by atoms with E-state index in [1.54, 1.807) is 18.5 Å². The average Bonchev–Trinajstić information content (AvgIpc) is 3.02. The normalized spacial score (nSPS) is 10.7. The first kappa shape index (κ1) is 24.2. The monoisotopic (exact) mass is 505 g/mol. The molecule has 6 aromatic rings. The molecular formula is C32H22BN4O2. The van der Waals surface area contributed by atoms with Crippen LogP contribution in [0.4, 0.5) is 0 Å². The van der Waals surface area contributed by atoms with E-state index in [4.69, 9.17) is 14.6 Å². The maximum Gasteiger partial charge on any atom is 0.569 e. The van der Waals surface area contributed by atoms with Crippen LogP contribution in [0.15, 0.2) is 128 Å². The van der Waals surface area contributed by atoms with Crippen molar-refractivity contribution in [1.29, 1.82) is 0 Å². The molecule has 2 heterocycles. The topological polar surface area (TPSA) is 81.0 Å². The van der Waals surface area contributed by atoms with E-state index in [2.05, 4.69) is 9.97 Å². The Morgan fingerprint density at radius 3 is 1.72 bits per heavy atom. The van der Waals surface area contributed by atoms with Gasteiger partial charge < -0.3 is 9.68 Å². The van der Waals surface area contributed by atoms with E-state index < -0.39 is 0 Å². The van der Waals surface area contributed by atoms with Gasteiger partial charge in [-0.3, -0.25) is 0 Å². The molecule has 1 radical (unpaired) electrons. The highest BCUT2D eigenvalue weighted by molar-refractivity contribution is 6.17. The molecule has 7 heteroatoms. The van der Waals surface area contributed by atoms with Gasteiger partial charge in [-0.15, -0.1) is 0 Å². The van der Waals surface area contributed by atoms with Crippen LogP contribution in [0.2, 0.25) is 0 Å². The molecule has 0 atom stereocenters. The van der Waals surface area contributed by atoms with Crippen molar-refractivity contribution in [2.75, 3.05) is 0 Å². The lowest BCUT2D eigenvalue weighted by molar-refractivity contribution is 0.455. The lowest BCUT2D eigenvalue weighted by atomic mass is 10.0. The highest BCUT2D eigenvalue weighted by atomic mass is 16.5. The van der Waals surface area contributed by atoms with Crippen LogP contribution >= 0.6 is 0 Å². The second kappa shape index (κ2) is 11.1. The minimum Gasteiger partial charge on any atom is -0.537 e. The summed E-state index contributed by atoms with van der Waals surface area (Å²) in [6, 6.07) is 37.5.